The zero-order valence-electron chi connectivity index (χ0n) is 14.9. The monoisotopic (exact) mass is 353 g/mol. The number of aryl methyl sites for hydroxylation is 1. The summed E-state index contributed by atoms with van der Waals surface area (Å²) < 4.78 is 0. The van der Waals surface area contributed by atoms with Crippen molar-refractivity contribution in [2.45, 2.75) is 26.3 Å². The Hall–Kier alpha value is -2.73. The summed E-state index contributed by atoms with van der Waals surface area (Å²) in [7, 11) is 0. The van der Waals surface area contributed by atoms with Gasteiger partial charge in [0.05, 0.1) is 10.8 Å². The van der Waals surface area contributed by atoms with Gasteiger partial charge in [0, 0.05) is 30.9 Å². The van der Waals surface area contributed by atoms with Crippen LogP contribution >= 0.6 is 0 Å². The lowest BCUT2D eigenvalue weighted by Crippen LogP contribution is -2.40. The van der Waals surface area contributed by atoms with Crippen LogP contribution in [0.1, 0.15) is 24.0 Å². The first-order chi connectivity index (χ1) is 12.5. The van der Waals surface area contributed by atoms with Crippen molar-refractivity contribution < 1.29 is 9.72 Å². The Kier molecular flexibility index (Phi) is 5.63. The Labute approximate surface area is 153 Å². The van der Waals surface area contributed by atoms with Crippen LogP contribution in [0.15, 0.2) is 48.5 Å². The Balaban J connectivity index is 1.61. The zero-order valence-corrected chi connectivity index (χ0v) is 14.9. The average Bonchev–Trinajstić information content (AvgIpc) is 2.62. The van der Waals surface area contributed by atoms with E-state index < -0.39 is 4.92 Å². The summed E-state index contributed by atoms with van der Waals surface area (Å²) in [5.41, 5.74) is 2.94. The number of benzene rings is 2. The van der Waals surface area contributed by atoms with Gasteiger partial charge in [-0.1, -0.05) is 35.9 Å². The summed E-state index contributed by atoms with van der Waals surface area (Å²) in [4.78, 5) is 25.3. The van der Waals surface area contributed by atoms with Gasteiger partial charge in [-0.15, -0.1) is 0 Å². The molecule has 136 valence electrons. The Bertz CT molecular complexity index is 806. The summed E-state index contributed by atoms with van der Waals surface area (Å²) in [6.07, 6.45) is 1.81. The molecule has 0 radical (unpaired) electrons. The number of amides is 1. The Morgan fingerprint density at radius 1 is 1.27 bits per heavy atom. The van der Waals surface area contributed by atoms with Gasteiger partial charge in [0.1, 0.15) is 0 Å². The lowest BCUT2D eigenvalue weighted by molar-refractivity contribution is -0.384. The van der Waals surface area contributed by atoms with Crippen molar-refractivity contribution in [3.05, 3.63) is 69.8 Å². The van der Waals surface area contributed by atoms with Crippen LogP contribution in [0.4, 0.5) is 11.4 Å². The number of non-ortho nitro benzene ring substituents is 1. The van der Waals surface area contributed by atoms with E-state index in [4.69, 9.17) is 0 Å². The SMILES string of the molecule is Cc1cccc(CN2CCCC(C(=O)Nc3cccc([N+](=O)[O-])c3)C2)c1. The van der Waals surface area contributed by atoms with Gasteiger partial charge in [-0.05, 0) is 37.9 Å². The highest BCUT2D eigenvalue weighted by atomic mass is 16.6. The van der Waals surface area contributed by atoms with Gasteiger partial charge in [-0.2, -0.15) is 0 Å². The van der Waals surface area contributed by atoms with E-state index in [-0.39, 0.29) is 17.5 Å². The molecule has 1 unspecified atom stereocenters. The molecule has 2 aromatic rings. The van der Waals surface area contributed by atoms with Crippen LogP contribution < -0.4 is 5.32 Å². The third kappa shape index (κ3) is 4.67. The number of hydrogen-bond donors (Lipinski definition) is 1. The minimum absolute atomic E-state index is 0.0208. The third-order valence-corrected chi connectivity index (χ3v) is 4.69. The number of carbonyl (C=O) groups excluding carboxylic acids is 1. The number of nitro benzene ring substituents is 1. The van der Waals surface area contributed by atoms with Gasteiger partial charge in [-0.3, -0.25) is 19.8 Å². The molecular weight excluding hydrogens is 330 g/mol. The van der Waals surface area contributed by atoms with Crippen LogP contribution in [-0.2, 0) is 11.3 Å². The molecule has 1 heterocycles. The van der Waals surface area contributed by atoms with E-state index in [0.717, 1.165) is 25.9 Å². The fourth-order valence-corrected chi connectivity index (χ4v) is 3.42. The second-order valence-electron chi connectivity index (χ2n) is 6.86. The molecule has 0 saturated carbocycles. The Morgan fingerprint density at radius 3 is 2.85 bits per heavy atom. The highest BCUT2D eigenvalue weighted by Gasteiger charge is 2.26. The molecule has 1 aliphatic rings. The molecular formula is C20H23N3O3. The van der Waals surface area contributed by atoms with Crippen LogP contribution in [0.3, 0.4) is 0 Å². The number of anilines is 1. The number of likely N-dealkylation sites (tertiary alicyclic amines) is 1. The van der Waals surface area contributed by atoms with Crippen LogP contribution in [0, 0.1) is 23.0 Å². The highest BCUT2D eigenvalue weighted by Crippen LogP contribution is 2.22. The van der Waals surface area contributed by atoms with Gasteiger partial charge >= 0.3 is 0 Å². The van der Waals surface area contributed by atoms with E-state index in [0.29, 0.717) is 12.2 Å². The van der Waals surface area contributed by atoms with Crippen LogP contribution in [0.5, 0.6) is 0 Å². The molecule has 0 spiro atoms. The van der Waals surface area contributed by atoms with E-state index in [1.807, 2.05) is 0 Å². The van der Waals surface area contributed by atoms with Crippen molar-refractivity contribution in [2.24, 2.45) is 5.92 Å². The lowest BCUT2D eigenvalue weighted by atomic mass is 9.96. The molecule has 2 aromatic carbocycles. The van der Waals surface area contributed by atoms with Gasteiger partial charge < -0.3 is 5.32 Å². The quantitative estimate of drug-likeness (QED) is 0.656. The van der Waals surface area contributed by atoms with Crippen molar-refractivity contribution in [1.29, 1.82) is 0 Å². The topological polar surface area (TPSA) is 75.5 Å². The van der Waals surface area contributed by atoms with Gasteiger partial charge in [0.25, 0.3) is 5.69 Å². The van der Waals surface area contributed by atoms with Gasteiger partial charge in [-0.25, -0.2) is 0 Å². The molecule has 26 heavy (non-hydrogen) atoms. The number of nitrogens with one attached hydrogen (secondary N) is 1. The first-order valence-electron chi connectivity index (χ1n) is 8.84. The first kappa shape index (κ1) is 18.1. The number of carbonyl (C=O) groups is 1. The molecule has 0 aliphatic carbocycles. The van der Waals surface area contributed by atoms with Gasteiger partial charge in [0.15, 0.2) is 0 Å². The van der Waals surface area contributed by atoms with E-state index >= 15 is 0 Å². The number of nitrogens with zero attached hydrogens (tertiary/aromatic N) is 2. The molecule has 0 aromatic heterocycles. The number of nitro groups is 1. The number of hydrogen-bond acceptors (Lipinski definition) is 4. The molecule has 0 bridgehead atoms. The minimum atomic E-state index is -0.458. The molecule has 6 nitrogen and oxygen atoms in total. The summed E-state index contributed by atoms with van der Waals surface area (Å²) >= 11 is 0. The smallest absolute Gasteiger partial charge is 0.271 e. The average molecular weight is 353 g/mol. The summed E-state index contributed by atoms with van der Waals surface area (Å²) in [6, 6.07) is 14.5. The van der Waals surface area contributed by atoms with E-state index in [9.17, 15) is 14.9 Å². The second kappa shape index (κ2) is 8.10. The van der Waals surface area contributed by atoms with Crippen LogP contribution in [-0.4, -0.2) is 28.8 Å². The van der Waals surface area contributed by atoms with Crippen LogP contribution in [0.2, 0.25) is 0 Å². The number of rotatable bonds is 5. The fraction of sp³-hybridized carbons (Fsp3) is 0.350. The summed E-state index contributed by atoms with van der Waals surface area (Å²) in [5.74, 6) is -0.174. The van der Waals surface area contributed by atoms with E-state index in [2.05, 4.69) is 41.4 Å². The Morgan fingerprint density at radius 2 is 2.08 bits per heavy atom. The van der Waals surface area contributed by atoms with Crippen LogP contribution in [0.25, 0.3) is 0 Å². The minimum Gasteiger partial charge on any atom is -0.326 e. The maximum absolute atomic E-state index is 12.6. The third-order valence-electron chi connectivity index (χ3n) is 4.69. The molecule has 1 fully saturated rings. The zero-order chi connectivity index (χ0) is 18.5. The standard InChI is InChI=1S/C20H23N3O3/c1-15-5-2-6-16(11-15)13-22-10-4-7-17(14-22)20(24)21-18-8-3-9-19(12-18)23(25)26/h2-3,5-6,8-9,11-12,17H,4,7,10,13-14H2,1H3,(H,21,24). The molecule has 1 aliphatic heterocycles. The molecule has 1 amide bonds. The van der Waals surface area contributed by atoms with Crippen molar-refractivity contribution in [3.8, 4) is 0 Å². The number of piperidine rings is 1. The van der Waals surface area contributed by atoms with Crippen molar-refractivity contribution in [1.82, 2.24) is 4.90 Å². The fourth-order valence-electron chi connectivity index (χ4n) is 3.42. The van der Waals surface area contributed by atoms with E-state index in [1.165, 1.54) is 23.3 Å². The largest absolute Gasteiger partial charge is 0.326 e. The maximum atomic E-state index is 12.6. The summed E-state index contributed by atoms with van der Waals surface area (Å²) in [6.45, 7) is 4.60. The second-order valence-corrected chi connectivity index (χ2v) is 6.86. The molecule has 3 rings (SSSR count). The van der Waals surface area contributed by atoms with Crippen molar-refractivity contribution in [3.63, 3.8) is 0 Å². The van der Waals surface area contributed by atoms with Crippen molar-refractivity contribution >= 4 is 17.3 Å². The van der Waals surface area contributed by atoms with Gasteiger partial charge in [0.2, 0.25) is 5.91 Å². The molecule has 1 N–H and O–H groups in total. The first-order valence-corrected chi connectivity index (χ1v) is 8.84. The molecule has 1 atom stereocenters. The molecule has 1 saturated heterocycles. The maximum Gasteiger partial charge on any atom is 0.271 e. The lowest BCUT2D eigenvalue weighted by Gasteiger charge is -2.32. The summed E-state index contributed by atoms with van der Waals surface area (Å²) in [5, 5.41) is 13.7. The predicted molar refractivity (Wildman–Crippen MR) is 101 cm³/mol. The normalized spacial score (nSPS) is 17.7. The predicted octanol–water partition coefficient (Wildman–Crippen LogP) is 3.75. The van der Waals surface area contributed by atoms with Crippen molar-refractivity contribution in [2.75, 3.05) is 18.4 Å². The van der Waals surface area contributed by atoms with E-state index in [1.54, 1.807) is 12.1 Å². The highest BCUT2D eigenvalue weighted by molar-refractivity contribution is 5.93. The molecule has 6 heteroatoms.